The Morgan fingerprint density at radius 2 is 2.35 bits per heavy atom. The van der Waals surface area contributed by atoms with E-state index in [1.807, 2.05) is 0 Å². The first-order chi connectivity index (χ1) is 8.20. The molecule has 0 bridgehead atoms. The Morgan fingerprint density at radius 3 is 2.94 bits per heavy atom. The van der Waals surface area contributed by atoms with Crippen molar-refractivity contribution in [3.05, 3.63) is 41.7 Å². The van der Waals surface area contributed by atoms with Crippen LogP contribution in [0.25, 0.3) is 0 Å². The van der Waals surface area contributed by atoms with Crippen molar-refractivity contribution in [2.24, 2.45) is 7.05 Å². The Balaban J connectivity index is 2.08. The fraction of sp³-hybridized carbons (Fsp3) is 0.182. The van der Waals surface area contributed by atoms with Gasteiger partial charge in [0.15, 0.2) is 5.82 Å². The highest BCUT2D eigenvalue weighted by molar-refractivity contribution is 5.36. The van der Waals surface area contributed by atoms with Gasteiger partial charge in [-0.25, -0.2) is 4.39 Å². The molecular weight excluding hydrogens is 223 g/mol. The van der Waals surface area contributed by atoms with Gasteiger partial charge in [0.2, 0.25) is 0 Å². The number of halogens is 1. The van der Waals surface area contributed by atoms with Crippen LogP contribution in [0.5, 0.6) is 5.75 Å². The Hall–Kier alpha value is -2.42. The third kappa shape index (κ3) is 2.39. The summed E-state index contributed by atoms with van der Waals surface area (Å²) in [6.45, 7) is 0.196. The van der Waals surface area contributed by atoms with Crippen molar-refractivity contribution in [3.8, 4) is 11.8 Å². The molecule has 0 radical (unpaired) electrons. The molecule has 86 valence electrons. The summed E-state index contributed by atoms with van der Waals surface area (Å²) in [5, 5.41) is 16.1. The van der Waals surface area contributed by atoms with E-state index >= 15 is 0 Å². The molecule has 0 N–H and O–H groups in total. The molecule has 17 heavy (non-hydrogen) atoms. The maximum Gasteiger partial charge on any atom is 0.170 e. The number of aryl methyl sites for hydroxylation is 1. The van der Waals surface area contributed by atoms with Crippen molar-refractivity contribution in [2.45, 2.75) is 6.61 Å². The zero-order valence-corrected chi connectivity index (χ0v) is 9.09. The first-order valence-corrected chi connectivity index (χ1v) is 4.86. The molecule has 0 unspecified atom stereocenters. The van der Waals surface area contributed by atoms with Crippen molar-refractivity contribution in [3.63, 3.8) is 0 Å². The van der Waals surface area contributed by atoms with E-state index in [9.17, 15) is 4.39 Å². The lowest BCUT2D eigenvalue weighted by atomic mass is 10.2. The van der Waals surface area contributed by atoms with Gasteiger partial charge in [-0.05, 0) is 12.1 Å². The summed E-state index contributed by atoms with van der Waals surface area (Å²) in [6.07, 6.45) is 1.55. The van der Waals surface area contributed by atoms with Gasteiger partial charge in [-0.1, -0.05) is 0 Å². The highest BCUT2D eigenvalue weighted by Crippen LogP contribution is 2.16. The minimum Gasteiger partial charge on any atom is -0.485 e. The third-order valence-corrected chi connectivity index (χ3v) is 2.23. The fourth-order valence-corrected chi connectivity index (χ4v) is 1.26. The second-order valence-electron chi connectivity index (χ2n) is 3.40. The Morgan fingerprint density at radius 1 is 1.53 bits per heavy atom. The average molecular weight is 232 g/mol. The molecule has 0 spiro atoms. The van der Waals surface area contributed by atoms with Crippen LogP contribution in [0.2, 0.25) is 0 Å². The number of benzene rings is 1. The third-order valence-electron chi connectivity index (χ3n) is 2.23. The van der Waals surface area contributed by atoms with Gasteiger partial charge in [-0.3, -0.25) is 0 Å². The molecule has 0 aliphatic rings. The van der Waals surface area contributed by atoms with Crippen molar-refractivity contribution in [1.29, 1.82) is 5.26 Å². The molecule has 2 aromatic rings. The van der Waals surface area contributed by atoms with Gasteiger partial charge in [0, 0.05) is 13.1 Å². The molecule has 0 atom stereocenters. The molecule has 0 amide bonds. The summed E-state index contributed by atoms with van der Waals surface area (Å²) in [5.41, 5.74) is -0.00370. The van der Waals surface area contributed by atoms with Crippen LogP contribution in [0.3, 0.4) is 0 Å². The van der Waals surface area contributed by atoms with Crippen molar-refractivity contribution in [1.82, 2.24) is 14.8 Å². The number of hydrogen-bond donors (Lipinski definition) is 0. The number of nitrogens with zero attached hydrogens (tertiary/aromatic N) is 4. The maximum atomic E-state index is 13.3. The largest absolute Gasteiger partial charge is 0.485 e. The first-order valence-electron chi connectivity index (χ1n) is 4.86. The molecule has 0 saturated carbocycles. The van der Waals surface area contributed by atoms with Crippen LogP contribution in [0, 0.1) is 17.1 Å². The summed E-state index contributed by atoms with van der Waals surface area (Å²) in [6, 6.07) is 5.84. The highest BCUT2D eigenvalue weighted by Gasteiger charge is 2.05. The smallest absolute Gasteiger partial charge is 0.170 e. The van der Waals surface area contributed by atoms with E-state index in [1.165, 1.54) is 18.2 Å². The van der Waals surface area contributed by atoms with Gasteiger partial charge in [-0.15, -0.1) is 10.2 Å². The van der Waals surface area contributed by atoms with Gasteiger partial charge >= 0.3 is 0 Å². The van der Waals surface area contributed by atoms with Gasteiger partial charge in [0.05, 0.1) is 5.56 Å². The first kappa shape index (κ1) is 11.1. The van der Waals surface area contributed by atoms with E-state index in [0.717, 1.165) is 0 Å². The van der Waals surface area contributed by atoms with E-state index < -0.39 is 5.82 Å². The molecule has 2 rings (SSSR count). The van der Waals surface area contributed by atoms with E-state index in [1.54, 1.807) is 24.0 Å². The second-order valence-corrected chi connectivity index (χ2v) is 3.40. The minimum atomic E-state index is -0.594. The van der Waals surface area contributed by atoms with Crippen LogP contribution in [0.15, 0.2) is 24.5 Å². The zero-order valence-electron chi connectivity index (χ0n) is 9.09. The topological polar surface area (TPSA) is 63.7 Å². The number of ether oxygens (including phenoxy) is 1. The van der Waals surface area contributed by atoms with Gasteiger partial charge < -0.3 is 9.30 Å². The van der Waals surface area contributed by atoms with Crippen molar-refractivity contribution >= 4 is 0 Å². The van der Waals surface area contributed by atoms with E-state index in [-0.39, 0.29) is 12.2 Å². The van der Waals surface area contributed by atoms with Crippen molar-refractivity contribution in [2.75, 3.05) is 0 Å². The SMILES string of the molecule is Cn1cnnc1COc1ccc(C#N)c(F)c1. The molecular formula is C11H9FN4O. The predicted octanol–water partition coefficient (Wildman–Crippen LogP) is 1.40. The average Bonchev–Trinajstić information content (AvgIpc) is 2.72. The van der Waals surface area contributed by atoms with Gasteiger partial charge in [0.1, 0.15) is 30.6 Å². The van der Waals surface area contributed by atoms with Crippen molar-refractivity contribution < 1.29 is 9.13 Å². The monoisotopic (exact) mass is 232 g/mol. The molecule has 0 aliphatic heterocycles. The van der Waals surface area contributed by atoms with Gasteiger partial charge in [-0.2, -0.15) is 5.26 Å². The lowest BCUT2D eigenvalue weighted by Gasteiger charge is -2.05. The molecule has 1 aromatic heterocycles. The molecule has 0 aliphatic carbocycles. The summed E-state index contributed by atoms with van der Waals surface area (Å²) < 4.78 is 20.3. The summed E-state index contributed by atoms with van der Waals surface area (Å²) in [5.74, 6) is 0.391. The number of hydrogen-bond acceptors (Lipinski definition) is 4. The normalized spacial score (nSPS) is 9.94. The van der Waals surface area contributed by atoms with Gasteiger partial charge in [0.25, 0.3) is 0 Å². The van der Waals surface area contributed by atoms with Crippen LogP contribution < -0.4 is 4.74 Å². The van der Waals surface area contributed by atoms with Crippen LogP contribution in [0.1, 0.15) is 11.4 Å². The predicted molar refractivity (Wildman–Crippen MR) is 56.5 cm³/mol. The molecule has 6 heteroatoms. The fourth-order valence-electron chi connectivity index (χ4n) is 1.26. The van der Waals surface area contributed by atoms with E-state index in [4.69, 9.17) is 10.00 Å². The Labute approximate surface area is 97.1 Å². The standard InChI is InChI=1S/C11H9FN4O/c1-16-7-14-15-11(16)6-17-9-3-2-8(5-13)10(12)4-9/h2-4,7H,6H2,1H3. The lowest BCUT2D eigenvalue weighted by molar-refractivity contribution is 0.290. The van der Waals surface area contributed by atoms with Crippen LogP contribution in [-0.2, 0) is 13.7 Å². The summed E-state index contributed by atoms with van der Waals surface area (Å²) >= 11 is 0. The molecule has 5 nitrogen and oxygen atoms in total. The number of aromatic nitrogens is 3. The quantitative estimate of drug-likeness (QED) is 0.802. The van der Waals surface area contributed by atoms with E-state index in [0.29, 0.717) is 11.6 Å². The lowest BCUT2D eigenvalue weighted by Crippen LogP contribution is -2.03. The zero-order chi connectivity index (χ0) is 12.3. The van der Waals surface area contributed by atoms with Crippen LogP contribution in [-0.4, -0.2) is 14.8 Å². The van der Waals surface area contributed by atoms with Crippen LogP contribution in [0.4, 0.5) is 4.39 Å². The maximum absolute atomic E-state index is 13.3. The summed E-state index contributed by atoms with van der Waals surface area (Å²) in [4.78, 5) is 0. The Bertz CT molecular complexity index is 573. The number of nitriles is 1. The van der Waals surface area contributed by atoms with E-state index in [2.05, 4.69) is 10.2 Å². The van der Waals surface area contributed by atoms with Crippen LogP contribution >= 0.6 is 0 Å². The molecule has 1 aromatic carbocycles. The molecule has 0 saturated heterocycles. The number of rotatable bonds is 3. The summed E-state index contributed by atoms with van der Waals surface area (Å²) in [7, 11) is 1.79. The Kier molecular flexibility index (Phi) is 3.01. The highest BCUT2D eigenvalue weighted by atomic mass is 19.1. The molecule has 0 fully saturated rings. The molecule has 1 heterocycles. The minimum absolute atomic E-state index is 0.00370. The second kappa shape index (κ2) is 4.61.